The van der Waals surface area contributed by atoms with Crippen LogP contribution in [0.15, 0.2) is 59.6 Å². The number of aryl methyl sites for hydroxylation is 1. The van der Waals surface area contributed by atoms with Crippen LogP contribution < -0.4 is 5.32 Å². The highest BCUT2D eigenvalue weighted by Gasteiger charge is 2.48. The third-order valence-electron chi connectivity index (χ3n) is 5.01. The Morgan fingerprint density at radius 2 is 1.75 bits per heavy atom. The molecule has 0 aliphatic carbocycles. The molecule has 2 aliphatic rings. The van der Waals surface area contributed by atoms with Crippen molar-refractivity contribution in [1.29, 1.82) is 0 Å². The highest BCUT2D eigenvalue weighted by molar-refractivity contribution is 8.13. The summed E-state index contributed by atoms with van der Waals surface area (Å²) in [5.41, 5.74) is 3.52. The lowest BCUT2D eigenvalue weighted by molar-refractivity contribution is -0.127. The lowest BCUT2D eigenvalue weighted by Gasteiger charge is -2.36. The van der Waals surface area contributed by atoms with E-state index in [1.165, 1.54) is 16.0 Å². The summed E-state index contributed by atoms with van der Waals surface area (Å²) in [6.07, 6.45) is -0.495. The number of carbonyl (C=O) groups is 2. The molecule has 1 fully saturated rings. The van der Waals surface area contributed by atoms with Gasteiger partial charge in [-0.15, -0.1) is 0 Å². The fourth-order valence-electron chi connectivity index (χ4n) is 3.40. The molecule has 4 rings (SSSR count). The monoisotopic (exact) mass is 394 g/mol. The molecule has 144 valence electrons. The largest absolute Gasteiger partial charge is 0.331 e. The highest BCUT2D eigenvalue weighted by Crippen LogP contribution is 2.31. The molecule has 7 heteroatoms. The number of urea groups is 1. The number of fused-ring (bicyclic) bond motifs is 1. The standard InChI is InChI=1S/C21H22N4O2S/c1-14-8-10-16(11-9-14)13-28-21-22-18-17(19(26)23-20(27)24(18)2)25(21)12-15-6-4-3-5-7-15/h3-11,17-18H,12-13H2,1-2H3,(H,23,26,27). The Morgan fingerprint density at radius 1 is 1.04 bits per heavy atom. The van der Waals surface area contributed by atoms with E-state index in [4.69, 9.17) is 4.99 Å². The minimum Gasteiger partial charge on any atom is -0.331 e. The Labute approximate surface area is 168 Å². The molecule has 2 heterocycles. The predicted molar refractivity (Wildman–Crippen MR) is 111 cm³/mol. The van der Waals surface area contributed by atoms with Gasteiger partial charge in [0.2, 0.25) is 0 Å². The lowest BCUT2D eigenvalue weighted by atomic mass is 10.1. The molecule has 0 spiro atoms. The first kappa shape index (κ1) is 18.6. The molecular weight excluding hydrogens is 372 g/mol. The second-order valence-electron chi connectivity index (χ2n) is 7.06. The number of nitrogens with zero attached hydrogens (tertiary/aromatic N) is 3. The average Bonchev–Trinajstić information content (AvgIpc) is 3.05. The van der Waals surface area contributed by atoms with E-state index >= 15 is 0 Å². The van der Waals surface area contributed by atoms with Gasteiger partial charge in [-0.05, 0) is 18.1 Å². The van der Waals surface area contributed by atoms with Crippen LogP contribution in [0.25, 0.3) is 0 Å². The molecule has 1 N–H and O–H groups in total. The van der Waals surface area contributed by atoms with Gasteiger partial charge >= 0.3 is 6.03 Å². The molecule has 3 amide bonds. The second-order valence-corrected chi connectivity index (χ2v) is 8.01. The zero-order valence-electron chi connectivity index (χ0n) is 15.8. The minimum absolute atomic E-state index is 0.293. The smallest absolute Gasteiger partial charge is 0.325 e. The summed E-state index contributed by atoms with van der Waals surface area (Å²) in [4.78, 5) is 32.9. The summed E-state index contributed by atoms with van der Waals surface area (Å²) in [6, 6.07) is 17.5. The Balaban J connectivity index is 1.59. The van der Waals surface area contributed by atoms with E-state index in [1.807, 2.05) is 35.2 Å². The van der Waals surface area contributed by atoms with Gasteiger partial charge in [0.25, 0.3) is 5.91 Å². The summed E-state index contributed by atoms with van der Waals surface area (Å²) >= 11 is 1.60. The maximum atomic E-state index is 12.6. The molecule has 6 nitrogen and oxygen atoms in total. The molecule has 0 bridgehead atoms. The van der Waals surface area contributed by atoms with Crippen LogP contribution in [-0.4, -0.2) is 46.2 Å². The third-order valence-corrected chi connectivity index (χ3v) is 6.08. The number of carbonyl (C=O) groups excluding carboxylic acids is 2. The van der Waals surface area contributed by atoms with E-state index in [1.54, 1.807) is 18.8 Å². The van der Waals surface area contributed by atoms with Gasteiger partial charge in [0.15, 0.2) is 17.4 Å². The van der Waals surface area contributed by atoms with E-state index in [0.29, 0.717) is 6.54 Å². The molecule has 2 aliphatic heterocycles. The number of aliphatic imine (C=N–C) groups is 1. The molecular formula is C21H22N4O2S. The van der Waals surface area contributed by atoms with Gasteiger partial charge in [-0.1, -0.05) is 71.9 Å². The normalized spacial score (nSPS) is 21.4. The summed E-state index contributed by atoms with van der Waals surface area (Å²) in [5, 5.41) is 3.23. The number of amides is 3. The van der Waals surface area contributed by atoms with Crippen molar-refractivity contribution in [3.8, 4) is 0 Å². The summed E-state index contributed by atoms with van der Waals surface area (Å²) in [5.74, 6) is 0.460. The van der Waals surface area contributed by atoms with E-state index in [2.05, 4.69) is 36.5 Å². The topological polar surface area (TPSA) is 65.0 Å². The Hall–Kier alpha value is -2.80. The lowest BCUT2D eigenvalue weighted by Crippen LogP contribution is -2.63. The molecule has 0 saturated carbocycles. The zero-order chi connectivity index (χ0) is 19.7. The van der Waals surface area contributed by atoms with Crippen LogP contribution in [0.2, 0.25) is 0 Å². The fraction of sp³-hybridized carbons (Fsp3) is 0.286. The zero-order valence-corrected chi connectivity index (χ0v) is 16.6. The molecule has 2 aromatic rings. The first-order valence-corrected chi connectivity index (χ1v) is 10.2. The maximum absolute atomic E-state index is 12.6. The number of rotatable bonds is 4. The number of benzene rings is 2. The summed E-state index contributed by atoms with van der Waals surface area (Å²) in [6.45, 7) is 2.63. The van der Waals surface area contributed by atoms with Crippen LogP contribution in [0.1, 0.15) is 16.7 Å². The van der Waals surface area contributed by atoms with Crippen LogP contribution in [-0.2, 0) is 17.1 Å². The molecule has 2 atom stereocenters. The SMILES string of the molecule is Cc1ccc(CSC2=NC3C(C(=O)NC(=O)N3C)N2Cc2ccccc2)cc1. The van der Waals surface area contributed by atoms with Crippen LogP contribution >= 0.6 is 11.8 Å². The number of thioether (sulfide) groups is 1. The summed E-state index contributed by atoms with van der Waals surface area (Å²) < 4.78 is 0. The van der Waals surface area contributed by atoms with Gasteiger partial charge in [-0.2, -0.15) is 0 Å². The highest BCUT2D eigenvalue weighted by atomic mass is 32.2. The fourth-order valence-corrected chi connectivity index (χ4v) is 4.41. The minimum atomic E-state index is -0.511. The van der Waals surface area contributed by atoms with Gasteiger partial charge in [-0.3, -0.25) is 10.1 Å². The van der Waals surface area contributed by atoms with E-state index in [9.17, 15) is 9.59 Å². The number of hydrogen-bond donors (Lipinski definition) is 1. The molecule has 2 unspecified atom stereocenters. The van der Waals surface area contributed by atoms with Crippen molar-refractivity contribution in [2.24, 2.45) is 4.99 Å². The average molecular weight is 395 g/mol. The Morgan fingerprint density at radius 3 is 2.46 bits per heavy atom. The van der Waals surface area contributed by atoms with E-state index in [-0.39, 0.29) is 5.91 Å². The third kappa shape index (κ3) is 3.62. The van der Waals surface area contributed by atoms with Gasteiger partial charge in [0, 0.05) is 19.3 Å². The molecule has 2 aromatic carbocycles. The van der Waals surface area contributed by atoms with Gasteiger partial charge in [0.05, 0.1) is 0 Å². The van der Waals surface area contributed by atoms with E-state index < -0.39 is 18.2 Å². The quantitative estimate of drug-likeness (QED) is 0.866. The number of imide groups is 1. The van der Waals surface area contributed by atoms with Crippen molar-refractivity contribution in [2.45, 2.75) is 31.4 Å². The number of amidine groups is 1. The first-order chi connectivity index (χ1) is 13.5. The molecule has 0 radical (unpaired) electrons. The van der Waals surface area contributed by atoms with Gasteiger partial charge < -0.3 is 9.80 Å². The van der Waals surface area contributed by atoms with Crippen LogP contribution in [0.4, 0.5) is 4.79 Å². The molecule has 0 aromatic heterocycles. The van der Waals surface area contributed by atoms with Crippen molar-refractivity contribution < 1.29 is 9.59 Å². The second kappa shape index (κ2) is 7.67. The van der Waals surface area contributed by atoms with Crippen molar-refractivity contribution in [1.82, 2.24) is 15.1 Å². The van der Waals surface area contributed by atoms with E-state index in [0.717, 1.165) is 16.5 Å². The van der Waals surface area contributed by atoms with Crippen LogP contribution in [0.3, 0.4) is 0 Å². The van der Waals surface area contributed by atoms with Crippen molar-refractivity contribution in [3.05, 3.63) is 71.3 Å². The van der Waals surface area contributed by atoms with Crippen molar-refractivity contribution in [2.75, 3.05) is 7.05 Å². The van der Waals surface area contributed by atoms with Crippen molar-refractivity contribution in [3.63, 3.8) is 0 Å². The first-order valence-electron chi connectivity index (χ1n) is 9.17. The van der Waals surface area contributed by atoms with Crippen LogP contribution in [0.5, 0.6) is 0 Å². The van der Waals surface area contributed by atoms with Crippen LogP contribution in [0, 0.1) is 6.92 Å². The predicted octanol–water partition coefficient (Wildman–Crippen LogP) is 2.98. The van der Waals surface area contributed by atoms with Crippen molar-refractivity contribution >= 4 is 28.9 Å². The Kier molecular flexibility index (Phi) is 5.09. The number of hydrogen-bond acceptors (Lipinski definition) is 5. The maximum Gasteiger partial charge on any atom is 0.325 e. The number of nitrogens with one attached hydrogen (secondary N) is 1. The summed E-state index contributed by atoms with van der Waals surface area (Å²) in [7, 11) is 1.68. The van der Waals surface area contributed by atoms with Gasteiger partial charge in [0.1, 0.15) is 0 Å². The van der Waals surface area contributed by atoms with Gasteiger partial charge in [-0.25, -0.2) is 9.79 Å². The Bertz CT molecular complexity index is 914. The molecule has 1 saturated heterocycles. The molecule has 28 heavy (non-hydrogen) atoms. The number of likely N-dealkylation sites (N-methyl/N-ethyl adjacent to an activating group) is 1.